The number of nitrogens with one attached hydrogen (secondary N) is 2. The zero-order chi connectivity index (χ0) is 27.0. The number of aliphatic hydroxyl groups excluding tert-OH is 1. The van der Waals surface area contributed by atoms with Gasteiger partial charge in [-0.05, 0) is 24.6 Å². The van der Waals surface area contributed by atoms with E-state index in [1.807, 2.05) is 25.1 Å². The van der Waals surface area contributed by atoms with Crippen LogP contribution < -0.4 is 16.1 Å². The van der Waals surface area contributed by atoms with E-state index in [9.17, 15) is 27.9 Å². The predicted octanol–water partition coefficient (Wildman–Crippen LogP) is 3.02. The molecule has 1 unspecified atom stereocenters. The second kappa shape index (κ2) is 10.1. The van der Waals surface area contributed by atoms with Crippen molar-refractivity contribution in [3.63, 3.8) is 0 Å². The number of halogens is 3. The number of aliphatic hydroxyl groups is 1. The van der Waals surface area contributed by atoms with Crippen molar-refractivity contribution < 1.29 is 18.3 Å². The topological polar surface area (TPSA) is 110 Å². The van der Waals surface area contributed by atoms with Crippen LogP contribution in [0.2, 0.25) is 0 Å². The van der Waals surface area contributed by atoms with Gasteiger partial charge in [0.15, 0.2) is 6.10 Å². The first kappa shape index (κ1) is 25.7. The highest BCUT2D eigenvalue weighted by atomic mass is 19.4. The van der Waals surface area contributed by atoms with Crippen LogP contribution in [-0.2, 0) is 13.1 Å². The van der Waals surface area contributed by atoms with Crippen LogP contribution in [0.5, 0.6) is 0 Å². The van der Waals surface area contributed by atoms with E-state index in [0.717, 1.165) is 16.7 Å². The number of aromatic nitrogens is 4. The standard InChI is InChI=1S/C26H27F3N6O3/c1-2-34-15-18(24(37)32-25(34)38)14-33-10-12-35(13-11-33)20-5-3-4-19-21(20)31-23(30-19)17-8-6-16(7-9-17)22(36)26(27,28)29/h3-9,15,22,36H,2,10-14H2,1H3,(H,30,31)(H,32,37,38). The lowest BCUT2D eigenvalue weighted by atomic mass is 10.1. The minimum Gasteiger partial charge on any atom is -0.379 e. The number of nitrogens with zero attached hydrogens (tertiary/aromatic N) is 4. The molecule has 0 radical (unpaired) electrons. The van der Waals surface area contributed by atoms with Crippen molar-refractivity contribution in [3.8, 4) is 11.4 Å². The molecular formula is C26H27F3N6O3. The number of para-hydroxylation sites is 1. The molecule has 3 heterocycles. The molecule has 5 rings (SSSR count). The number of rotatable bonds is 6. The number of anilines is 1. The molecule has 0 aliphatic carbocycles. The van der Waals surface area contributed by atoms with Gasteiger partial charge < -0.3 is 19.6 Å². The fraction of sp³-hybridized carbons (Fsp3) is 0.346. The Morgan fingerprint density at radius 1 is 1.03 bits per heavy atom. The zero-order valence-electron chi connectivity index (χ0n) is 20.6. The van der Waals surface area contributed by atoms with Crippen LogP contribution in [0.15, 0.2) is 58.3 Å². The summed E-state index contributed by atoms with van der Waals surface area (Å²) < 4.78 is 39.9. The van der Waals surface area contributed by atoms with Crippen LogP contribution >= 0.6 is 0 Å². The molecule has 2 aromatic carbocycles. The van der Waals surface area contributed by atoms with Crippen LogP contribution in [0, 0.1) is 0 Å². The Labute approximate surface area is 215 Å². The molecule has 1 fully saturated rings. The lowest BCUT2D eigenvalue weighted by Crippen LogP contribution is -2.47. The van der Waals surface area contributed by atoms with Crippen molar-refractivity contribution in [1.29, 1.82) is 0 Å². The van der Waals surface area contributed by atoms with Gasteiger partial charge in [-0.25, -0.2) is 9.78 Å². The summed E-state index contributed by atoms with van der Waals surface area (Å²) in [6.45, 7) is 5.59. The van der Waals surface area contributed by atoms with Gasteiger partial charge in [-0.1, -0.05) is 30.3 Å². The molecule has 38 heavy (non-hydrogen) atoms. The summed E-state index contributed by atoms with van der Waals surface area (Å²) in [5.41, 5.74) is 2.64. The minimum absolute atomic E-state index is 0.230. The number of piperazine rings is 1. The summed E-state index contributed by atoms with van der Waals surface area (Å²) in [6.07, 6.45) is -5.64. The van der Waals surface area contributed by atoms with Crippen molar-refractivity contribution in [2.45, 2.75) is 32.3 Å². The first-order valence-corrected chi connectivity index (χ1v) is 12.3. The van der Waals surface area contributed by atoms with E-state index in [2.05, 4.69) is 19.8 Å². The van der Waals surface area contributed by atoms with Crippen molar-refractivity contribution in [1.82, 2.24) is 24.4 Å². The summed E-state index contributed by atoms with van der Waals surface area (Å²) in [5.74, 6) is 0.518. The van der Waals surface area contributed by atoms with E-state index < -0.39 is 18.0 Å². The van der Waals surface area contributed by atoms with E-state index in [1.165, 1.54) is 28.8 Å². The van der Waals surface area contributed by atoms with Gasteiger partial charge in [0.2, 0.25) is 0 Å². The Morgan fingerprint density at radius 3 is 2.39 bits per heavy atom. The largest absolute Gasteiger partial charge is 0.418 e. The fourth-order valence-corrected chi connectivity index (χ4v) is 4.71. The summed E-state index contributed by atoms with van der Waals surface area (Å²) >= 11 is 0. The Kier molecular flexibility index (Phi) is 6.84. The maximum Gasteiger partial charge on any atom is 0.418 e. The number of benzene rings is 2. The van der Waals surface area contributed by atoms with Crippen LogP contribution in [0.3, 0.4) is 0 Å². The zero-order valence-corrected chi connectivity index (χ0v) is 20.6. The third-order valence-electron chi connectivity index (χ3n) is 6.83. The molecule has 2 aromatic heterocycles. The quantitative estimate of drug-likeness (QED) is 0.355. The molecule has 4 aromatic rings. The van der Waals surface area contributed by atoms with Gasteiger partial charge in [0.1, 0.15) is 11.3 Å². The summed E-state index contributed by atoms with van der Waals surface area (Å²) in [6, 6.07) is 11.3. The number of imidazole rings is 1. The van der Waals surface area contributed by atoms with Crippen LogP contribution in [0.25, 0.3) is 22.4 Å². The number of H-pyrrole nitrogens is 2. The molecule has 0 amide bonds. The van der Waals surface area contributed by atoms with Gasteiger partial charge in [-0.2, -0.15) is 13.2 Å². The second-order valence-corrected chi connectivity index (χ2v) is 9.29. The number of aromatic amines is 2. The van der Waals surface area contributed by atoms with Crippen molar-refractivity contribution in [2.24, 2.45) is 0 Å². The first-order chi connectivity index (χ1) is 18.1. The van der Waals surface area contributed by atoms with E-state index in [4.69, 9.17) is 4.98 Å². The lowest BCUT2D eigenvalue weighted by molar-refractivity contribution is -0.206. The van der Waals surface area contributed by atoms with Gasteiger partial charge in [0.05, 0.1) is 11.2 Å². The third kappa shape index (κ3) is 5.09. The predicted molar refractivity (Wildman–Crippen MR) is 137 cm³/mol. The monoisotopic (exact) mass is 528 g/mol. The molecule has 3 N–H and O–H groups in total. The average Bonchev–Trinajstić information content (AvgIpc) is 3.34. The van der Waals surface area contributed by atoms with Gasteiger partial charge in [0, 0.05) is 56.6 Å². The van der Waals surface area contributed by atoms with Crippen molar-refractivity contribution in [3.05, 3.63) is 80.6 Å². The lowest BCUT2D eigenvalue weighted by Gasteiger charge is -2.36. The molecular weight excluding hydrogens is 501 g/mol. The smallest absolute Gasteiger partial charge is 0.379 e. The summed E-state index contributed by atoms with van der Waals surface area (Å²) in [7, 11) is 0. The Bertz CT molecular complexity index is 1550. The van der Waals surface area contributed by atoms with E-state index in [1.54, 1.807) is 6.20 Å². The van der Waals surface area contributed by atoms with Crippen molar-refractivity contribution >= 4 is 16.7 Å². The highest BCUT2D eigenvalue weighted by Crippen LogP contribution is 2.34. The highest BCUT2D eigenvalue weighted by molar-refractivity contribution is 5.91. The first-order valence-electron chi connectivity index (χ1n) is 12.3. The maximum atomic E-state index is 12.8. The summed E-state index contributed by atoms with van der Waals surface area (Å²) in [4.78, 5) is 38.8. The molecule has 200 valence electrons. The van der Waals surface area contributed by atoms with E-state index in [0.29, 0.717) is 56.2 Å². The fourth-order valence-electron chi connectivity index (χ4n) is 4.71. The van der Waals surface area contributed by atoms with Crippen LogP contribution in [0.4, 0.5) is 18.9 Å². The number of alkyl halides is 3. The molecule has 1 aliphatic rings. The molecule has 0 saturated carbocycles. The van der Waals surface area contributed by atoms with Gasteiger partial charge >= 0.3 is 11.9 Å². The molecule has 1 saturated heterocycles. The molecule has 1 aliphatic heterocycles. The molecule has 1 atom stereocenters. The number of hydrogen-bond donors (Lipinski definition) is 3. The maximum absolute atomic E-state index is 12.8. The normalized spacial score (nSPS) is 15.8. The number of fused-ring (bicyclic) bond motifs is 1. The minimum atomic E-state index is -4.73. The Hall–Kier alpha value is -3.90. The Balaban J connectivity index is 1.31. The molecule has 12 heteroatoms. The van der Waals surface area contributed by atoms with E-state index in [-0.39, 0.29) is 11.1 Å². The van der Waals surface area contributed by atoms with Crippen molar-refractivity contribution in [2.75, 3.05) is 31.1 Å². The number of hydrogen-bond acceptors (Lipinski definition) is 6. The average molecular weight is 529 g/mol. The summed E-state index contributed by atoms with van der Waals surface area (Å²) in [5, 5.41) is 9.47. The molecule has 0 spiro atoms. The highest BCUT2D eigenvalue weighted by Gasteiger charge is 2.39. The van der Waals surface area contributed by atoms with Gasteiger partial charge in [-0.3, -0.25) is 14.7 Å². The van der Waals surface area contributed by atoms with E-state index >= 15 is 0 Å². The van der Waals surface area contributed by atoms with Crippen LogP contribution in [-0.4, -0.2) is 61.9 Å². The van der Waals surface area contributed by atoms with Gasteiger partial charge in [-0.15, -0.1) is 0 Å². The second-order valence-electron chi connectivity index (χ2n) is 9.29. The van der Waals surface area contributed by atoms with Crippen LogP contribution in [0.1, 0.15) is 24.2 Å². The molecule has 9 nitrogen and oxygen atoms in total. The number of aryl methyl sites for hydroxylation is 1. The van der Waals surface area contributed by atoms with Gasteiger partial charge in [0.25, 0.3) is 5.56 Å². The Morgan fingerprint density at radius 2 is 1.74 bits per heavy atom. The third-order valence-corrected chi connectivity index (χ3v) is 6.83. The SMILES string of the molecule is CCn1cc(CN2CCN(c3cccc4[nH]c(-c5ccc(C(O)C(F)(F)F)cc5)nc34)CC2)c(=O)[nH]c1=O. The molecule has 0 bridgehead atoms.